The van der Waals surface area contributed by atoms with E-state index in [-0.39, 0.29) is 30.1 Å². The van der Waals surface area contributed by atoms with Crippen molar-refractivity contribution in [2.24, 2.45) is 5.41 Å². The highest BCUT2D eigenvalue weighted by Gasteiger charge is 2.46. The Kier molecular flexibility index (Phi) is 5.18. The fourth-order valence-corrected chi connectivity index (χ4v) is 4.09. The van der Waals surface area contributed by atoms with Crippen LogP contribution in [0, 0.1) is 12.3 Å². The first-order valence-corrected chi connectivity index (χ1v) is 10.5. The molecule has 2 heterocycles. The second-order valence-corrected chi connectivity index (χ2v) is 8.83. The van der Waals surface area contributed by atoms with Gasteiger partial charge in [-0.25, -0.2) is 0 Å². The van der Waals surface area contributed by atoms with Crippen molar-refractivity contribution in [2.45, 2.75) is 58.4 Å². The lowest BCUT2D eigenvalue weighted by Gasteiger charge is -2.28. The summed E-state index contributed by atoms with van der Waals surface area (Å²) in [5.41, 5.74) is 3.88. The molecule has 0 spiro atoms. The summed E-state index contributed by atoms with van der Waals surface area (Å²) in [7, 11) is 0. The van der Waals surface area contributed by atoms with Crippen molar-refractivity contribution in [1.29, 1.82) is 0 Å². The van der Waals surface area contributed by atoms with Gasteiger partial charge in [0.2, 0.25) is 11.8 Å². The van der Waals surface area contributed by atoms with E-state index >= 15 is 0 Å². The average molecular weight is 405 g/mol. The van der Waals surface area contributed by atoms with E-state index in [0.29, 0.717) is 18.0 Å². The molecular formula is C24H27N3O3. The number of rotatable bonds is 6. The number of amides is 3. The Morgan fingerprint density at radius 1 is 1.23 bits per heavy atom. The van der Waals surface area contributed by atoms with Crippen LogP contribution < -0.4 is 10.6 Å². The second-order valence-electron chi connectivity index (χ2n) is 8.83. The molecule has 1 saturated heterocycles. The van der Waals surface area contributed by atoms with Gasteiger partial charge in [-0.15, -0.1) is 0 Å². The van der Waals surface area contributed by atoms with Gasteiger partial charge in [-0.05, 0) is 68.0 Å². The Bertz CT molecular complexity index is 1010. The highest BCUT2D eigenvalue weighted by Crippen LogP contribution is 2.41. The Balaban J connectivity index is 1.41. The van der Waals surface area contributed by atoms with Crippen molar-refractivity contribution in [1.82, 2.24) is 15.6 Å². The SMILES string of the molecule is Cc1cc(CNC(=O)c2ccc([C@@H](C)[C@]3(C)CC(=O)NC3=O)cc2)nc(C2CC2)c1. The topological polar surface area (TPSA) is 88.2 Å². The maximum absolute atomic E-state index is 12.6. The summed E-state index contributed by atoms with van der Waals surface area (Å²) in [6.45, 7) is 6.19. The summed E-state index contributed by atoms with van der Waals surface area (Å²) in [5, 5.41) is 5.33. The Morgan fingerprint density at radius 3 is 2.53 bits per heavy atom. The van der Waals surface area contributed by atoms with Gasteiger partial charge >= 0.3 is 0 Å². The number of hydrogen-bond donors (Lipinski definition) is 2. The third-order valence-corrected chi connectivity index (χ3v) is 6.40. The molecule has 2 fully saturated rings. The van der Waals surface area contributed by atoms with Gasteiger partial charge in [0, 0.05) is 23.6 Å². The van der Waals surface area contributed by atoms with E-state index in [1.54, 1.807) is 12.1 Å². The number of nitrogens with one attached hydrogen (secondary N) is 2. The van der Waals surface area contributed by atoms with Gasteiger partial charge in [-0.2, -0.15) is 0 Å². The number of carbonyl (C=O) groups is 3. The first-order chi connectivity index (χ1) is 14.3. The lowest BCUT2D eigenvalue weighted by atomic mass is 9.73. The molecule has 2 atom stereocenters. The van der Waals surface area contributed by atoms with Crippen LogP contribution in [0.15, 0.2) is 36.4 Å². The maximum atomic E-state index is 12.6. The van der Waals surface area contributed by atoms with Gasteiger partial charge in [0.05, 0.1) is 17.7 Å². The predicted molar refractivity (Wildman–Crippen MR) is 113 cm³/mol. The maximum Gasteiger partial charge on any atom is 0.251 e. The summed E-state index contributed by atoms with van der Waals surface area (Å²) in [6, 6.07) is 11.4. The molecule has 6 nitrogen and oxygen atoms in total. The molecule has 0 radical (unpaired) electrons. The van der Waals surface area contributed by atoms with Crippen LogP contribution in [0.2, 0.25) is 0 Å². The molecule has 1 aromatic carbocycles. The first kappa shape index (κ1) is 20.3. The summed E-state index contributed by atoms with van der Waals surface area (Å²) < 4.78 is 0. The van der Waals surface area contributed by atoms with Crippen LogP contribution in [0.5, 0.6) is 0 Å². The first-order valence-electron chi connectivity index (χ1n) is 10.5. The minimum Gasteiger partial charge on any atom is -0.346 e. The van der Waals surface area contributed by atoms with E-state index < -0.39 is 5.41 Å². The molecule has 3 amide bonds. The lowest BCUT2D eigenvalue weighted by Crippen LogP contribution is -2.33. The van der Waals surface area contributed by atoms with Crippen molar-refractivity contribution in [3.63, 3.8) is 0 Å². The Hall–Kier alpha value is -3.02. The van der Waals surface area contributed by atoms with Crippen molar-refractivity contribution in [3.05, 3.63) is 64.5 Å². The molecule has 4 rings (SSSR count). The fraction of sp³-hybridized carbons (Fsp3) is 0.417. The second kappa shape index (κ2) is 7.67. The van der Waals surface area contributed by atoms with E-state index in [1.165, 1.54) is 12.8 Å². The fourth-order valence-electron chi connectivity index (χ4n) is 4.09. The third-order valence-electron chi connectivity index (χ3n) is 6.40. The molecule has 1 aliphatic carbocycles. The molecule has 2 aliphatic rings. The minimum absolute atomic E-state index is 0.140. The van der Waals surface area contributed by atoms with E-state index in [9.17, 15) is 14.4 Å². The van der Waals surface area contributed by atoms with Crippen LogP contribution in [-0.4, -0.2) is 22.7 Å². The summed E-state index contributed by atoms with van der Waals surface area (Å²) in [4.78, 5) is 41.1. The zero-order chi connectivity index (χ0) is 21.5. The third kappa shape index (κ3) is 3.99. The number of nitrogens with zero attached hydrogens (tertiary/aromatic N) is 1. The largest absolute Gasteiger partial charge is 0.346 e. The van der Waals surface area contributed by atoms with Crippen LogP contribution in [-0.2, 0) is 16.1 Å². The van der Waals surface area contributed by atoms with Crippen LogP contribution in [0.3, 0.4) is 0 Å². The lowest BCUT2D eigenvalue weighted by molar-refractivity contribution is -0.128. The van der Waals surface area contributed by atoms with Crippen LogP contribution >= 0.6 is 0 Å². The minimum atomic E-state index is -0.767. The predicted octanol–water partition coefficient (Wildman–Crippen LogP) is 3.35. The summed E-state index contributed by atoms with van der Waals surface area (Å²) in [5.74, 6) is -0.199. The van der Waals surface area contributed by atoms with Crippen molar-refractivity contribution >= 4 is 17.7 Å². The van der Waals surface area contributed by atoms with Gasteiger partial charge in [0.15, 0.2) is 0 Å². The normalized spacial score (nSPS) is 22.0. The molecular weight excluding hydrogens is 378 g/mol. The molecule has 2 N–H and O–H groups in total. The van der Waals surface area contributed by atoms with Gasteiger partial charge in [-0.1, -0.05) is 19.1 Å². The van der Waals surface area contributed by atoms with Gasteiger partial charge < -0.3 is 5.32 Å². The average Bonchev–Trinajstić information content (AvgIpc) is 3.52. The Labute approximate surface area is 176 Å². The number of aryl methyl sites for hydroxylation is 1. The Morgan fingerprint density at radius 2 is 1.93 bits per heavy atom. The molecule has 156 valence electrons. The van der Waals surface area contributed by atoms with Crippen LogP contribution in [0.25, 0.3) is 0 Å². The number of benzene rings is 1. The van der Waals surface area contributed by atoms with E-state index in [4.69, 9.17) is 0 Å². The standard InChI is InChI=1S/C24H27N3O3/c1-14-10-19(26-20(11-14)17-6-7-17)13-25-22(29)18-8-4-16(5-9-18)15(2)24(3)12-21(28)27-23(24)30/h4-5,8-11,15,17H,6-7,12-13H2,1-3H3,(H,25,29)(H,27,28,30)/t15-,24+/m1/s1. The van der Waals surface area contributed by atoms with Gasteiger partial charge in [0.1, 0.15) is 0 Å². The summed E-state index contributed by atoms with van der Waals surface area (Å²) in [6.07, 6.45) is 2.57. The number of aromatic nitrogens is 1. The molecule has 1 aliphatic heterocycles. The monoisotopic (exact) mass is 405 g/mol. The van der Waals surface area contributed by atoms with Gasteiger partial charge in [0.25, 0.3) is 5.91 Å². The summed E-state index contributed by atoms with van der Waals surface area (Å²) >= 11 is 0. The van der Waals surface area contributed by atoms with E-state index in [0.717, 1.165) is 22.5 Å². The van der Waals surface area contributed by atoms with Crippen molar-refractivity contribution in [3.8, 4) is 0 Å². The molecule has 2 aromatic rings. The highest BCUT2D eigenvalue weighted by molar-refractivity contribution is 6.06. The number of carbonyl (C=O) groups excluding carboxylic acids is 3. The quantitative estimate of drug-likeness (QED) is 0.722. The number of pyridine rings is 1. The molecule has 1 saturated carbocycles. The smallest absolute Gasteiger partial charge is 0.251 e. The molecule has 0 bridgehead atoms. The number of hydrogen-bond acceptors (Lipinski definition) is 4. The molecule has 30 heavy (non-hydrogen) atoms. The van der Waals surface area contributed by atoms with E-state index in [2.05, 4.69) is 28.6 Å². The number of imide groups is 1. The molecule has 1 aromatic heterocycles. The highest BCUT2D eigenvalue weighted by atomic mass is 16.2. The molecule has 6 heteroatoms. The van der Waals surface area contributed by atoms with Crippen LogP contribution in [0.4, 0.5) is 0 Å². The van der Waals surface area contributed by atoms with Crippen LogP contribution in [0.1, 0.15) is 77.8 Å². The zero-order valence-electron chi connectivity index (χ0n) is 17.6. The van der Waals surface area contributed by atoms with E-state index in [1.807, 2.05) is 32.0 Å². The van der Waals surface area contributed by atoms with Crippen molar-refractivity contribution < 1.29 is 14.4 Å². The zero-order valence-corrected chi connectivity index (χ0v) is 17.6. The van der Waals surface area contributed by atoms with Gasteiger partial charge in [-0.3, -0.25) is 24.7 Å². The molecule has 0 unspecified atom stereocenters. The van der Waals surface area contributed by atoms with Crippen molar-refractivity contribution in [2.75, 3.05) is 0 Å².